The van der Waals surface area contributed by atoms with E-state index in [1.165, 1.54) is 0 Å². The van der Waals surface area contributed by atoms with Crippen molar-refractivity contribution in [3.05, 3.63) is 59.7 Å². The maximum atomic E-state index is 10.2. The van der Waals surface area contributed by atoms with Crippen LogP contribution in [0.4, 0.5) is 11.4 Å². The van der Waals surface area contributed by atoms with E-state index < -0.39 is 6.29 Å². The summed E-state index contributed by atoms with van der Waals surface area (Å²) >= 11 is 0. The molecule has 0 bridgehead atoms. The van der Waals surface area contributed by atoms with Crippen LogP contribution in [0.15, 0.2) is 48.5 Å². The molecule has 0 aromatic heterocycles. The third kappa shape index (κ3) is 4.23. The zero-order chi connectivity index (χ0) is 16.1. The Kier molecular flexibility index (Phi) is 5.41. The summed E-state index contributed by atoms with van der Waals surface area (Å²) < 4.78 is 5.57. The van der Waals surface area contributed by atoms with Gasteiger partial charge in [-0.05, 0) is 29.8 Å². The van der Waals surface area contributed by atoms with Gasteiger partial charge in [0.25, 0.3) is 0 Å². The molecule has 4 nitrogen and oxygen atoms in total. The first kappa shape index (κ1) is 16.3. The van der Waals surface area contributed by atoms with Crippen LogP contribution in [-0.2, 0) is 11.3 Å². The molecule has 1 atom stereocenters. The molecule has 0 heterocycles. The Hall–Kier alpha value is -2.04. The van der Waals surface area contributed by atoms with Crippen molar-refractivity contribution in [2.24, 2.45) is 0 Å². The summed E-state index contributed by atoms with van der Waals surface area (Å²) in [5.41, 5.74) is 3.97. The van der Waals surface area contributed by atoms with Crippen LogP contribution >= 0.6 is 0 Å². The Labute approximate surface area is 132 Å². The molecular weight excluding hydrogens is 276 g/mol. The van der Waals surface area contributed by atoms with Crippen LogP contribution in [0.3, 0.4) is 0 Å². The fraction of sp³-hybridized carbons (Fsp3) is 0.333. The summed E-state index contributed by atoms with van der Waals surface area (Å²) in [5, 5.41) is 10.2. The zero-order valence-electron chi connectivity index (χ0n) is 13.7. The maximum Gasteiger partial charge on any atom is 0.181 e. The Balaban J connectivity index is 1.97. The van der Waals surface area contributed by atoms with Gasteiger partial charge in [-0.2, -0.15) is 0 Å². The molecule has 1 N–H and O–H groups in total. The van der Waals surface area contributed by atoms with E-state index in [9.17, 15) is 5.11 Å². The van der Waals surface area contributed by atoms with E-state index in [1.54, 1.807) is 0 Å². The molecule has 0 radical (unpaired) electrons. The van der Waals surface area contributed by atoms with Gasteiger partial charge >= 0.3 is 0 Å². The van der Waals surface area contributed by atoms with Crippen molar-refractivity contribution in [3.8, 4) is 0 Å². The van der Waals surface area contributed by atoms with Crippen LogP contribution < -0.4 is 9.80 Å². The zero-order valence-corrected chi connectivity index (χ0v) is 13.7. The van der Waals surface area contributed by atoms with Crippen LogP contribution in [0.5, 0.6) is 0 Å². The summed E-state index contributed by atoms with van der Waals surface area (Å²) in [6, 6.07) is 15.8. The summed E-state index contributed by atoms with van der Waals surface area (Å²) in [7, 11) is 7.96. The molecule has 0 aliphatic heterocycles. The third-order valence-electron chi connectivity index (χ3n) is 3.53. The van der Waals surface area contributed by atoms with E-state index in [2.05, 4.69) is 0 Å². The van der Waals surface area contributed by atoms with Gasteiger partial charge in [-0.25, -0.2) is 0 Å². The molecule has 2 rings (SSSR count). The second kappa shape index (κ2) is 7.29. The number of hydrogen-bond donors (Lipinski definition) is 1. The predicted octanol–water partition coefficient (Wildman–Crippen LogP) is 3.03. The molecule has 0 aliphatic carbocycles. The van der Waals surface area contributed by atoms with Gasteiger partial charge in [0.2, 0.25) is 0 Å². The van der Waals surface area contributed by atoms with Gasteiger partial charge in [0.1, 0.15) is 0 Å². The number of ether oxygens (including phenoxy) is 1. The quantitative estimate of drug-likeness (QED) is 0.832. The minimum Gasteiger partial charge on any atom is -0.378 e. The number of benzene rings is 2. The summed E-state index contributed by atoms with van der Waals surface area (Å²) in [6.07, 6.45) is -0.923. The Morgan fingerprint density at radius 2 is 1.55 bits per heavy atom. The van der Waals surface area contributed by atoms with Crippen LogP contribution in [-0.4, -0.2) is 33.3 Å². The number of aliphatic hydroxyl groups is 1. The number of rotatable bonds is 6. The molecule has 0 fully saturated rings. The van der Waals surface area contributed by atoms with E-state index in [1.807, 2.05) is 86.5 Å². The van der Waals surface area contributed by atoms with E-state index >= 15 is 0 Å². The first-order valence-corrected chi connectivity index (χ1v) is 7.30. The minimum absolute atomic E-state index is 0.376. The second-order valence-electron chi connectivity index (χ2n) is 5.71. The van der Waals surface area contributed by atoms with Crippen LogP contribution in [0.1, 0.15) is 17.4 Å². The van der Waals surface area contributed by atoms with Gasteiger partial charge in [-0.3, -0.25) is 0 Å². The second-order valence-corrected chi connectivity index (χ2v) is 5.71. The lowest BCUT2D eigenvalue weighted by atomic mass is 10.2. The van der Waals surface area contributed by atoms with E-state index in [0.29, 0.717) is 6.61 Å². The molecular formula is C18H24N2O2. The summed E-state index contributed by atoms with van der Waals surface area (Å²) in [5.74, 6) is 0. The lowest BCUT2D eigenvalue weighted by Gasteiger charge is -2.17. The Bertz CT molecular complexity index is 594. The van der Waals surface area contributed by atoms with E-state index in [-0.39, 0.29) is 0 Å². The van der Waals surface area contributed by atoms with Gasteiger partial charge in [-0.1, -0.05) is 24.3 Å². The molecule has 0 saturated heterocycles. The Morgan fingerprint density at radius 3 is 2.14 bits per heavy atom. The molecule has 0 aliphatic rings. The lowest BCUT2D eigenvalue weighted by Crippen LogP contribution is -2.10. The molecule has 4 heteroatoms. The average molecular weight is 300 g/mol. The highest BCUT2D eigenvalue weighted by atomic mass is 16.6. The summed E-state index contributed by atoms with van der Waals surface area (Å²) in [6.45, 7) is 0.376. The van der Waals surface area contributed by atoms with Crippen molar-refractivity contribution in [1.29, 1.82) is 0 Å². The smallest absolute Gasteiger partial charge is 0.181 e. The van der Waals surface area contributed by atoms with Crippen LogP contribution in [0.2, 0.25) is 0 Å². The number of aliphatic hydroxyl groups excluding tert-OH is 1. The molecule has 1 unspecified atom stereocenters. The molecule has 0 saturated carbocycles. The van der Waals surface area contributed by atoms with Crippen LogP contribution in [0, 0.1) is 0 Å². The predicted molar refractivity (Wildman–Crippen MR) is 91.3 cm³/mol. The number of nitrogens with zero attached hydrogens (tertiary/aromatic N) is 2. The van der Waals surface area contributed by atoms with Crippen LogP contribution in [0.25, 0.3) is 0 Å². The maximum absolute atomic E-state index is 10.2. The fourth-order valence-electron chi connectivity index (χ4n) is 2.12. The van der Waals surface area contributed by atoms with Gasteiger partial charge in [0, 0.05) is 45.1 Å². The number of hydrogen-bond acceptors (Lipinski definition) is 4. The van der Waals surface area contributed by atoms with Gasteiger partial charge < -0.3 is 19.6 Å². The highest BCUT2D eigenvalue weighted by Gasteiger charge is 2.09. The first-order chi connectivity index (χ1) is 10.5. The normalized spacial score (nSPS) is 12.0. The Morgan fingerprint density at radius 1 is 0.909 bits per heavy atom. The average Bonchev–Trinajstić information content (AvgIpc) is 2.53. The monoisotopic (exact) mass is 300 g/mol. The molecule has 2 aromatic rings. The van der Waals surface area contributed by atoms with Crippen molar-refractivity contribution < 1.29 is 9.84 Å². The fourth-order valence-corrected chi connectivity index (χ4v) is 2.12. The standard InChI is InChI=1S/C18H24N2O2/c1-19(2)16-10-8-14(9-11-16)13-22-18(21)15-6-5-7-17(12-15)20(3)4/h5-12,18,21H,13H2,1-4H3. The molecule has 22 heavy (non-hydrogen) atoms. The molecule has 2 aromatic carbocycles. The lowest BCUT2D eigenvalue weighted by molar-refractivity contribution is -0.111. The van der Waals surface area contributed by atoms with Crippen molar-refractivity contribution in [3.63, 3.8) is 0 Å². The van der Waals surface area contributed by atoms with E-state index in [0.717, 1.165) is 22.5 Å². The SMILES string of the molecule is CN(C)c1ccc(COC(O)c2cccc(N(C)C)c2)cc1. The summed E-state index contributed by atoms with van der Waals surface area (Å²) in [4.78, 5) is 4.04. The minimum atomic E-state index is -0.923. The molecule has 118 valence electrons. The van der Waals surface area contributed by atoms with E-state index in [4.69, 9.17) is 4.74 Å². The topological polar surface area (TPSA) is 35.9 Å². The molecule has 0 spiro atoms. The van der Waals surface area contributed by atoms with Crippen molar-refractivity contribution in [1.82, 2.24) is 0 Å². The molecule has 0 amide bonds. The largest absolute Gasteiger partial charge is 0.378 e. The number of anilines is 2. The van der Waals surface area contributed by atoms with Crippen molar-refractivity contribution in [2.75, 3.05) is 38.0 Å². The van der Waals surface area contributed by atoms with Crippen molar-refractivity contribution in [2.45, 2.75) is 12.9 Å². The highest BCUT2D eigenvalue weighted by Crippen LogP contribution is 2.22. The van der Waals surface area contributed by atoms with Gasteiger partial charge in [0.05, 0.1) is 6.61 Å². The highest BCUT2D eigenvalue weighted by molar-refractivity contribution is 5.47. The third-order valence-corrected chi connectivity index (χ3v) is 3.53. The van der Waals surface area contributed by atoms with Gasteiger partial charge in [0.15, 0.2) is 6.29 Å². The van der Waals surface area contributed by atoms with Crippen molar-refractivity contribution >= 4 is 11.4 Å². The first-order valence-electron chi connectivity index (χ1n) is 7.30. The van der Waals surface area contributed by atoms with Gasteiger partial charge in [-0.15, -0.1) is 0 Å².